The molecule has 0 amide bonds. The largest absolute Gasteiger partial charge is 0.430 e. The van der Waals surface area contributed by atoms with Crippen LogP contribution in [-0.2, 0) is 11.0 Å². The summed E-state index contributed by atoms with van der Waals surface area (Å²) < 4.78 is 6.18. The zero-order valence-electron chi connectivity index (χ0n) is 15.2. The molecule has 0 aromatic heterocycles. The van der Waals surface area contributed by atoms with Gasteiger partial charge in [0.1, 0.15) is 0 Å². The Hall–Kier alpha value is -1.54. The van der Waals surface area contributed by atoms with Crippen molar-refractivity contribution >= 4 is 6.92 Å². The van der Waals surface area contributed by atoms with E-state index >= 15 is 0 Å². The van der Waals surface area contributed by atoms with Gasteiger partial charge in [-0.15, -0.1) is 0 Å². The Bertz CT molecular complexity index is 710. The van der Waals surface area contributed by atoms with Gasteiger partial charge >= 0.3 is 6.92 Å². The first-order chi connectivity index (χ1) is 10.7. The van der Waals surface area contributed by atoms with Crippen LogP contribution in [0.15, 0.2) is 42.5 Å². The van der Waals surface area contributed by atoms with E-state index in [0.717, 1.165) is 6.32 Å². The molecule has 2 heteroatoms. The summed E-state index contributed by atoms with van der Waals surface area (Å²) in [5, 5.41) is 0.197. The van der Waals surface area contributed by atoms with Crippen molar-refractivity contribution in [3.05, 3.63) is 59.2 Å². The van der Waals surface area contributed by atoms with Crippen LogP contribution >= 0.6 is 0 Å². The van der Waals surface area contributed by atoms with Gasteiger partial charge in [-0.05, 0) is 56.0 Å². The Kier molecular flexibility index (Phi) is 3.92. The monoisotopic (exact) mass is 306 g/mol. The summed E-state index contributed by atoms with van der Waals surface area (Å²) >= 11 is 0. The summed E-state index contributed by atoms with van der Waals surface area (Å²) in [5.74, 6) is 0. The Morgan fingerprint density at radius 2 is 1.52 bits per heavy atom. The van der Waals surface area contributed by atoms with Gasteiger partial charge in [0.2, 0.25) is 0 Å². The van der Waals surface area contributed by atoms with Crippen molar-refractivity contribution in [1.29, 1.82) is 0 Å². The molecule has 1 saturated heterocycles. The van der Waals surface area contributed by atoms with Gasteiger partial charge in [0.05, 0.1) is 0 Å². The second-order valence-corrected chi connectivity index (χ2v) is 8.08. The Morgan fingerprint density at radius 1 is 0.913 bits per heavy atom. The van der Waals surface area contributed by atoms with Crippen molar-refractivity contribution in [2.45, 2.75) is 58.8 Å². The predicted molar refractivity (Wildman–Crippen MR) is 100 cm³/mol. The second-order valence-electron chi connectivity index (χ2n) is 8.08. The van der Waals surface area contributed by atoms with Crippen LogP contribution in [0.2, 0.25) is 5.31 Å². The molecule has 0 aliphatic carbocycles. The first-order valence-electron chi connectivity index (χ1n) is 8.55. The van der Waals surface area contributed by atoms with Crippen LogP contribution < -0.4 is 0 Å². The molecule has 0 bridgehead atoms. The van der Waals surface area contributed by atoms with Crippen molar-refractivity contribution in [2.24, 2.45) is 0 Å². The number of benzene rings is 2. The van der Waals surface area contributed by atoms with E-state index in [9.17, 15) is 0 Å². The lowest BCUT2D eigenvalue weighted by Crippen LogP contribution is -2.62. The minimum Gasteiger partial charge on any atom is -0.430 e. The highest BCUT2D eigenvalue weighted by atomic mass is 16.5. The van der Waals surface area contributed by atoms with Gasteiger partial charge in [-0.2, -0.15) is 0 Å². The van der Waals surface area contributed by atoms with Crippen molar-refractivity contribution in [2.75, 3.05) is 0 Å². The number of hydrogen-bond donors (Lipinski definition) is 0. The maximum atomic E-state index is 6.18. The van der Waals surface area contributed by atoms with Gasteiger partial charge in [0.25, 0.3) is 0 Å². The van der Waals surface area contributed by atoms with Crippen LogP contribution in [0.1, 0.15) is 44.4 Å². The molecule has 1 fully saturated rings. The van der Waals surface area contributed by atoms with Crippen LogP contribution in [0.4, 0.5) is 0 Å². The highest BCUT2D eigenvalue weighted by molar-refractivity contribution is 6.58. The van der Waals surface area contributed by atoms with Crippen molar-refractivity contribution < 1.29 is 4.65 Å². The summed E-state index contributed by atoms with van der Waals surface area (Å²) in [5.41, 5.74) is 6.63. The number of hydrogen-bond acceptors (Lipinski definition) is 1. The molecule has 0 N–H and O–H groups in total. The molecule has 0 atom stereocenters. The Labute approximate surface area is 141 Å². The van der Waals surface area contributed by atoms with E-state index in [1.807, 2.05) is 0 Å². The van der Waals surface area contributed by atoms with E-state index in [1.54, 1.807) is 0 Å². The molecule has 3 rings (SSSR count). The third-order valence-electron chi connectivity index (χ3n) is 5.75. The average Bonchev–Trinajstić information content (AvgIpc) is 2.46. The fourth-order valence-electron chi connectivity index (χ4n) is 3.59. The van der Waals surface area contributed by atoms with Crippen LogP contribution in [0.25, 0.3) is 11.1 Å². The van der Waals surface area contributed by atoms with Crippen LogP contribution in [0.5, 0.6) is 0 Å². The lowest BCUT2D eigenvalue weighted by molar-refractivity contribution is -0.0159. The van der Waals surface area contributed by atoms with Crippen molar-refractivity contribution in [3.63, 3.8) is 0 Å². The molecule has 23 heavy (non-hydrogen) atoms. The van der Waals surface area contributed by atoms with Gasteiger partial charge in [0.15, 0.2) is 0 Å². The molecular formula is C21H27BO. The van der Waals surface area contributed by atoms with E-state index in [2.05, 4.69) is 84.0 Å². The first kappa shape index (κ1) is 16.3. The lowest BCUT2D eigenvalue weighted by atomic mass is 9.33. The van der Waals surface area contributed by atoms with Gasteiger partial charge in [0, 0.05) is 5.60 Å². The Morgan fingerprint density at radius 3 is 2.09 bits per heavy atom. The molecule has 1 nitrogen and oxygen atoms in total. The minimum absolute atomic E-state index is 0.0352. The number of rotatable bonds is 3. The van der Waals surface area contributed by atoms with Crippen LogP contribution in [0.3, 0.4) is 0 Å². The zero-order chi connectivity index (χ0) is 16.8. The lowest BCUT2D eigenvalue weighted by Gasteiger charge is -2.57. The topological polar surface area (TPSA) is 9.23 Å². The fraction of sp³-hybridized carbons (Fsp3) is 0.429. The smallest absolute Gasteiger partial charge is 0.306 e. The summed E-state index contributed by atoms with van der Waals surface area (Å²) in [4.78, 5) is 0. The van der Waals surface area contributed by atoms with Crippen LogP contribution in [-0.4, -0.2) is 12.5 Å². The standard InChI is InChI=1S/C21H27BO/c1-15-11-16(2)13-18(12-15)19-10-8-7-9-17(19)14-22-20(3,4)21(5,6)23-22/h7-13H,14H2,1-6H3. The zero-order valence-corrected chi connectivity index (χ0v) is 15.2. The van der Waals surface area contributed by atoms with E-state index in [1.165, 1.54) is 27.8 Å². The third-order valence-corrected chi connectivity index (χ3v) is 5.75. The highest BCUT2D eigenvalue weighted by Crippen LogP contribution is 2.54. The molecule has 1 aliphatic rings. The SMILES string of the molecule is Cc1cc(C)cc(-c2ccccc2CB2OC(C)(C)C2(C)C)c1. The minimum atomic E-state index is -0.0352. The molecule has 0 radical (unpaired) electrons. The maximum Gasteiger partial charge on any atom is 0.306 e. The van der Waals surface area contributed by atoms with Gasteiger partial charge < -0.3 is 4.65 Å². The number of aryl methyl sites for hydroxylation is 2. The van der Waals surface area contributed by atoms with Gasteiger partial charge in [-0.25, -0.2) is 0 Å². The molecular weight excluding hydrogens is 279 g/mol. The second kappa shape index (κ2) is 5.52. The normalized spacial score (nSPS) is 18.6. The summed E-state index contributed by atoms with van der Waals surface area (Å²) in [6, 6.07) is 15.5. The highest BCUT2D eigenvalue weighted by Gasteiger charge is 2.58. The first-order valence-corrected chi connectivity index (χ1v) is 8.55. The van der Waals surface area contributed by atoms with Gasteiger partial charge in [-0.1, -0.05) is 67.4 Å². The summed E-state index contributed by atoms with van der Waals surface area (Å²) in [7, 11) is 0. The molecule has 0 unspecified atom stereocenters. The Balaban J connectivity index is 1.93. The molecule has 0 saturated carbocycles. The molecule has 120 valence electrons. The molecule has 2 aromatic rings. The summed E-state index contributed by atoms with van der Waals surface area (Å²) in [6.45, 7) is 13.6. The predicted octanol–water partition coefficient (Wildman–Crippen LogP) is 5.63. The van der Waals surface area contributed by atoms with E-state index in [-0.39, 0.29) is 17.8 Å². The third kappa shape index (κ3) is 2.85. The molecule has 1 aliphatic heterocycles. The van der Waals surface area contributed by atoms with Crippen molar-refractivity contribution in [3.8, 4) is 11.1 Å². The van der Waals surface area contributed by atoms with Crippen molar-refractivity contribution in [1.82, 2.24) is 0 Å². The summed E-state index contributed by atoms with van der Waals surface area (Å²) in [6.07, 6.45) is 0.972. The fourth-order valence-corrected chi connectivity index (χ4v) is 3.59. The van der Waals surface area contributed by atoms with E-state index in [0.29, 0.717) is 0 Å². The maximum absolute atomic E-state index is 6.18. The van der Waals surface area contributed by atoms with E-state index in [4.69, 9.17) is 4.65 Å². The average molecular weight is 306 g/mol. The van der Waals surface area contributed by atoms with Crippen LogP contribution in [0, 0.1) is 13.8 Å². The molecule has 1 heterocycles. The quantitative estimate of drug-likeness (QED) is 0.667. The molecule has 0 spiro atoms. The van der Waals surface area contributed by atoms with Gasteiger partial charge in [-0.3, -0.25) is 0 Å². The molecule has 2 aromatic carbocycles. The van der Waals surface area contributed by atoms with E-state index < -0.39 is 0 Å².